The maximum Gasteiger partial charge on any atom is 0.251 e. The average Bonchev–Trinajstić information content (AvgIpc) is 2.90. The Hall–Kier alpha value is -1.85. The molecule has 5 nitrogen and oxygen atoms in total. The van der Waals surface area contributed by atoms with Gasteiger partial charge < -0.3 is 15.2 Å². The fourth-order valence-corrected chi connectivity index (χ4v) is 2.47. The minimum absolute atomic E-state index is 0.0300. The predicted octanol–water partition coefficient (Wildman–Crippen LogP) is 3.06. The Morgan fingerprint density at radius 1 is 1.43 bits per heavy atom. The number of hydrogen-bond acceptors (Lipinski definition) is 3. The minimum atomic E-state index is -0.0300. The van der Waals surface area contributed by atoms with Gasteiger partial charge in [-0.1, -0.05) is 30.7 Å². The third-order valence-corrected chi connectivity index (χ3v) is 4.04. The van der Waals surface area contributed by atoms with E-state index in [0.717, 1.165) is 17.8 Å². The number of imidazole rings is 1. The summed E-state index contributed by atoms with van der Waals surface area (Å²) in [6.45, 7) is 5.42. The van der Waals surface area contributed by atoms with Crippen molar-refractivity contribution in [2.45, 2.75) is 32.9 Å². The molecule has 1 amide bonds. The van der Waals surface area contributed by atoms with Crippen LogP contribution in [0.25, 0.3) is 0 Å². The number of carbonyl (C=O) groups is 1. The van der Waals surface area contributed by atoms with Crippen LogP contribution >= 0.6 is 11.6 Å². The van der Waals surface area contributed by atoms with E-state index in [9.17, 15) is 4.79 Å². The van der Waals surface area contributed by atoms with Crippen molar-refractivity contribution in [1.82, 2.24) is 20.2 Å². The van der Waals surface area contributed by atoms with Crippen LogP contribution in [0.2, 0.25) is 5.15 Å². The quantitative estimate of drug-likeness (QED) is 0.818. The number of benzene rings is 1. The van der Waals surface area contributed by atoms with E-state index in [0.29, 0.717) is 23.8 Å². The van der Waals surface area contributed by atoms with Gasteiger partial charge in [0.1, 0.15) is 11.0 Å². The van der Waals surface area contributed by atoms with E-state index >= 15 is 0 Å². The molecule has 2 aromatic rings. The van der Waals surface area contributed by atoms with Gasteiger partial charge in [0.05, 0.1) is 12.2 Å². The lowest BCUT2D eigenvalue weighted by atomic mass is 10.1. The van der Waals surface area contributed by atoms with Crippen LogP contribution in [0.15, 0.2) is 30.5 Å². The van der Waals surface area contributed by atoms with Crippen molar-refractivity contribution in [3.05, 3.63) is 52.6 Å². The van der Waals surface area contributed by atoms with E-state index in [1.165, 1.54) is 0 Å². The molecule has 1 aromatic heterocycles. The Morgan fingerprint density at radius 2 is 2.22 bits per heavy atom. The molecule has 1 atom stereocenters. The summed E-state index contributed by atoms with van der Waals surface area (Å²) in [7, 11) is 1.89. The monoisotopic (exact) mass is 334 g/mol. The van der Waals surface area contributed by atoms with Crippen LogP contribution in [0.5, 0.6) is 0 Å². The lowest BCUT2D eigenvalue weighted by Crippen LogP contribution is -2.24. The number of hydrogen-bond donors (Lipinski definition) is 2. The highest BCUT2D eigenvalue weighted by Crippen LogP contribution is 2.16. The van der Waals surface area contributed by atoms with Gasteiger partial charge in [0.15, 0.2) is 0 Å². The average molecular weight is 335 g/mol. The number of nitrogens with one attached hydrogen (secondary N) is 2. The fraction of sp³-hybridized carbons (Fsp3) is 0.412. The molecule has 0 saturated heterocycles. The van der Waals surface area contributed by atoms with Gasteiger partial charge in [0.25, 0.3) is 5.91 Å². The molecule has 0 unspecified atom stereocenters. The number of amides is 1. The molecule has 2 rings (SSSR count). The second-order valence-corrected chi connectivity index (χ2v) is 5.94. The Labute approximate surface area is 142 Å². The van der Waals surface area contributed by atoms with Crippen LogP contribution in [0.3, 0.4) is 0 Å². The second kappa shape index (κ2) is 8.13. The van der Waals surface area contributed by atoms with Crippen molar-refractivity contribution in [3.8, 4) is 0 Å². The van der Waals surface area contributed by atoms with Crippen LogP contribution in [0.1, 0.15) is 48.1 Å². The molecule has 6 heteroatoms. The van der Waals surface area contributed by atoms with Gasteiger partial charge in [-0.2, -0.15) is 0 Å². The fourth-order valence-electron chi connectivity index (χ4n) is 2.33. The Kier molecular flexibility index (Phi) is 6.19. The molecule has 2 N–H and O–H groups in total. The summed E-state index contributed by atoms with van der Waals surface area (Å²) < 4.78 is 1.85. The van der Waals surface area contributed by atoms with E-state index in [4.69, 9.17) is 11.6 Å². The number of aromatic nitrogens is 2. The summed E-state index contributed by atoms with van der Waals surface area (Å²) in [5, 5.41) is 6.91. The topological polar surface area (TPSA) is 59.0 Å². The number of halogens is 1. The van der Waals surface area contributed by atoms with Crippen molar-refractivity contribution in [3.63, 3.8) is 0 Å². The van der Waals surface area contributed by atoms with Crippen molar-refractivity contribution < 1.29 is 4.79 Å². The summed E-state index contributed by atoms with van der Waals surface area (Å²) in [4.78, 5) is 16.3. The molecule has 1 heterocycles. The summed E-state index contributed by atoms with van der Waals surface area (Å²) >= 11 is 6.02. The molecule has 0 aliphatic heterocycles. The normalized spacial score (nSPS) is 12.2. The van der Waals surface area contributed by atoms with E-state index in [2.05, 4.69) is 15.6 Å². The summed E-state index contributed by atoms with van der Waals surface area (Å²) in [6, 6.07) is 7.71. The van der Waals surface area contributed by atoms with Crippen LogP contribution in [-0.2, 0) is 13.6 Å². The van der Waals surface area contributed by atoms with Gasteiger partial charge in [-0.05, 0) is 31.0 Å². The van der Waals surface area contributed by atoms with Crippen molar-refractivity contribution in [2.75, 3.05) is 6.54 Å². The Morgan fingerprint density at radius 3 is 2.87 bits per heavy atom. The van der Waals surface area contributed by atoms with Crippen LogP contribution in [0, 0.1) is 0 Å². The Balaban J connectivity index is 1.98. The number of rotatable bonds is 7. The molecule has 23 heavy (non-hydrogen) atoms. The zero-order valence-electron chi connectivity index (χ0n) is 13.8. The lowest BCUT2D eigenvalue weighted by Gasteiger charge is -2.14. The Bertz CT molecular complexity index is 668. The molecule has 1 aromatic carbocycles. The van der Waals surface area contributed by atoms with Gasteiger partial charge in [0.2, 0.25) is 0 Å². The van der Waals surface area contributed by atoms with Gasteiger partial charge in [-0.3, -0.25) is 4.79 Å². The standard InChI is InChI=1S/C17H23ClN4O/c1-4-8-19-17(23)14-7-5-6-13(9-14)10-20-12(2)16-21-11-15(18)22(16)3/h5-7,9,11-12,20H,4,8,10H2,1-3H3,(H,19,23)/t12-/m0/s1. The molecule has 0 aliphatic rings. The molecular formula is C17H23ClN4O. The van der Waals surface area contributed by atoms with Crippen molar-refractivity contribution >= 4 is 17.5 Å². The highest BCUT2D eigenvalue weighted by atomic mass is 35.5. The molecular weight excluding hydrogens is 312 g/mol. The summed E-state index contributed by atoms with van der Waals surface area (Å²) in [5.41, 5.74) is 1.74. The summed E-state index contributed by atoms with van der Waals surface area (Å²) in [6.07, 6.45) is 2.57. The van der Waals surface area contributed by atoms with Crippen LogP contribution < -0.4 is 10.6 Å². The predicted molar refractivity (Wildman–Crippen MR) is 92.5 cm³/mol. The highest BCUT2D eigenvalue weighted by Gasteiger charge is 2.12. The highest BCUT2D eigenvalue weighted by molar-refractivity contribution is 6.29. The first-order chi connectivity index (χ1) is 11.0. The molecule has 0 aliphatic carbocycles. The molecule has 0 radical (unpaired) electrons. The molecule has 0 fully saturated rings. The second-order valence-electron chi connectivity index (χ2n) is 5.56. The lowest BCUT2D eigenvalue weighted by molar-refractivity contribution is 0.0953. The van der Waals surface area contributed by atoms with Crippen LogP contribution in [-0.4, -0.2) is 22.0 Å². The maximum atomic E-state index is 12.0. The number of nitrogens with zero attached hydrogens (tertiary/aromatic N) is 2. The third kappa shape index (κ3) is 4.56. The molecule has 0 spiro atoms. The first-order valence-electron chi connectivity index (χ1n) is 7.80. The third-order valence-electron chi connectivity index (χ3n) is 3.69. The van der Waals surface area contributed by atoms with Gasteiger partial charge in [-0.15, -0.1) is 0 Å². The maximum absolute atomic E-state index is 12.0. The van der Waals surface area contributed by atoms with E-state index < -0.39 is 0 Å². The van der Waals surface area contributed by atoms with E-state index in [-0.39, 0.29) is 11.9 Å². The smallest absolute Gasteiger partial charge is 0.251 e. The molecule has 0 bridgehead atoms. The zero-order valence-corrected chi connectivity index (χ0v) is 14.5. The minimum Gasteiger partial charge on any atom is -0.352 e. The van der Waals surface area contributed by atoms with Crippen molar-refractivity contribution in [2.24, 2.45) is 7.05 Å². The van der Waals surface area contributed by atoms with E-state index in [1.807, 2.05) is 49.7 Å². The van der Waals surface area contributed by atoms with Crippen molar-refractivity contribution in [1.29, 1.82) is 0 Å². The van der Waals surface area contributed by atoms with Crippen LogP contribution in [0.4, 0.5) is 0 Å². The first kappa shape index (κ1) is 17.5. The molecule has 124 valence electrons. The largest absolute Gasteiger partial charge is 0.352 e. The zero-order chi connectivity index (χ0) is 16.8. The SMILES string of the molecule is CCCNC(=O)c1cccc(CN[C@@H](C)c2ncc(Cl)n2C)c1. The number of carbonyl (C=O) groups excluding carboxylic acids is 1. The van der Waals surface area contributed by atoms with Gasteiger partial charge >= 0.3 is 0 Å². The molecule has 0 saturated carbocycles. The summed E-state index contributed by atoms with van der Waals surface area (Å²) in [5.74, 6) is 0.851. The van der Waals surface area contributed by atoms with Gasteiger partial charge in [0, 0.05) is 25.7 Å². The van der Waals surface area contributed by atoms with E-state index in [1.54, 1.807) is 6.20 Å². The first-order valence-corrected chi connectivity index (χ1v) is 8.18. The van der Waals surface area contributed by atoms with Gasteiger partial charge in [-0.25, -0.2) is 4.98 Å².